The highest BCUT2D eigenvalue weighted by Gasteiger charge is 2.07. The maximum absolute atomic E-state index is 11.6. The van der Waals surface area contributed by atoms with Gasteiger partial charge in [-0.2, -0.15) is 0 Å². The standard InChI is InChI=1S/C16H23NO5/c1-21-13-9-8-12(14(11-13)22-2)5-3-6-15(18)17-10-4-7-16(19)20/h8-9,11H,3-7,10H2,1-2H3,(H,17,18)(H,19,20). The number of rotatable bonds is 10. The van der Waals surface area contributed by atoms with Crippen molar-refractivity contribution in [2.45, 2.75) is 32.1 Å². The Kier molecular flexibility index (Phi) is 7.81. The van der Waals surface area contributed by atoms with Crippen LogP contribution in [0.1, 0.15) is 31.2 Å². The van der Waals surface area contributed by atoms with Gasteiger partial charge < -0.3 is 19.9 Å². The lowest BCUT2D eigenvalue weighted by Crippen LogP contribution is -2.24. The zero-order valence-electron chi connectivity index (χ0n) is 13.1. The Labute approximate surface area is 130 Å². The van der Waals surface area contributed by atoms with Crippen molar-refractivity contribution in [1.82, 2.24) is 5.32 Å². The molecule has 22 heavy (non-hydrogen) atoms. The molecule has 0 radical (unpaired) electrons. The van der Waals surface area contributed by atoms with Gasteiger partial charge in [0.05, 0.1) is 14.2 Å². The topological polar surface area (TPSA) is 84.9 Å². The number of carbonyl (C=O) groups is 2. The van der Waals surface area contributed by atoms with Gasteiger partial charge >= 0.3 is 5.97 Å². The van der Waals surface area contributed by atoms with Gasteiger partial charge in [-0.3, -0.25) is 9.59 Å². The minimum Gasteiger partial charge on any atom is -0.497 e. The molecule has 6 heteroatoms. The SMILES string of the molecule is COc1ccc(CCCC(=O)NCCCC(=O)O)c(OC)c1. The van der Waals surface area contributed by atoms with Gasteiger partial charge in [0.1, 0.15) is 11.5 Å². The first-order chi connectivity index (χ1) is 10.6. The monoisotopic (exact) mass is 309 g/mol. The van der Waals surface area contributed by atoms with Crippen LogP contribution in [0.25, 0.3) is 0 Å². The quantitative estimate of drug-likeness (QED) is 0.646. The van der Waals surface area contributed by atoms with Gasteiger partial charge in [0.25, 0.3) is 0 Å². The molecule has 0 unspecified atom stereocenters. The van der Waals surface area contributed by atoms with Gasteiger partial charge in [-0.05, 0) is 30.9 Å². The van der Waals surface area contributed by atoms with Crippen molar-refractivity contribution in [2.24, 2.45) is 0 Å². The fourth-order valence-corrected chi connectivity index (χ4v) is 2.05. The number of nitrogens with one attached hydrogen (secondary N) is 1. The summed E-state index contributed by atoms with van der Waals surface area (Å²) in [6, 6.07) is 5.62. The second-order valence-electron chi connectivity index (χ2n) is 4.88. The molecule has 0 fully saturated rings. The van der Waals surface area contributed by atoms with E-state index in [0.717, 1.165) is 23.5 Å². The summed E-state index contributed by atoms with van der Waals surface area (Å²) in [5, 5.41) is 11.2. The first kappa shape index (κ1) is 17.8. The third-order valence-electron chi connectivity index (χ3n) is 3.23. The largest absolute Gasteiger partial charge is 0.497 e. The van der Waals surface area contributed by atoms with Crippen LogP contribution >= 0.6 is 0 Å². The predicted octanol–water partition coefficient (Wildman–Crippen LogP) is 2.01. The lowest BCUT2D eigenvalue weighted by Gasteiger charge is -2.10. The average molecular weight is 309 g/mol. The minimum atomic E-state index is -0.846. The number of benzene rings is 1. The third kappa shape index (κ3) is 6.47. The van der Waals surface area contributed by atoms with Crippen LogP contribution in [-0.4, -0.2) is 37.7 Å². The summed E-state index contributed by atoms with van der Waals surface area (Å²) in [6.07, 6.45) is 2.36. The van der Waals surface area contributed by atoms with Crippen LogP contribution in [0, 0.1) is 0 Å². The van der Waals surface area contributed by atoms with Gasteiger partial charge in [0, 0.05) is 25.5 Å². The lowest BCUT2D eigenvalue weighted by atomic mass is 10.1. The minimum absolute atomic E-state index is 0.0575. The van der Waals surface area contributed by atoms with Gasteiger partial charge in [-0.1, -0.05) is 6.07 Å². The fourth-order valence-electron chi connectivity index (χ4n) is 2.05. The van der Waals surface area contributed by atoms with E-state index in [-0.39, 0.29) is 12.3 Å². The molecule has 0 aromatic heterocycles. The van der Waals surface area contributed by atoms with Gasteiger partial charge in [-0.25, -0.2) is 0 Å². The molecular formula is C16H23NO5. The Morgan fingerprint density at radius 2 is 1.91 bits per heavy atom. The van der Waals surface area contributed by atoms with E-state index in [1.54, 1.807) is 14.2 Å². The van der Waals surface area contributed by atoms with Crippen LogP contribution in [0.4, 0.5) is 0 Å². The summed E-state index contributed by atoms with van der Waals surface area (Å²) >= 11 is 0. The molecule has 0 saturated heterocycles. The van der Waals surface area contributed by atoms with E-state index in [4.69, 9.17) is 14.6 Å². The summed E-state index contributed by atoms with van der Waals surface area (Å²) in [5.74, 6) is 0.580. The molecular weight excluding hydrogens is 286 g/mol. The number of carboxylic acid groups (broad SMARTS) is 1. The van der Waals surface area contributed by atoms with Crippen molar-refractivity contribution >= 4 is 11.9 Å². The maximum Gasteiger partial charge on any atom is 0.303 e. The zero-order chi connectivity index (χ0) is 16.4. The molecule has 122 valence electrons. The molecule has 0 aliphatic carbocycles. The second-order valence-corrected chi connectivity index (χ2v) is 4.88. The molecule has 0 bridgehead atoms. The Morgan fingerprint density at radius 1 is 1.14 bits per heavy atom. The molecule has 0 atom stereocenters. The first-order valence-corrected chi connectivity index (χ1v) is 7.26. The molecule has 0 aliphatic heterocycles. The summed E-state index contributed by atoms with van der Waals surface area (Å²) in [4.78, 5) is 22.0. The summed E-state index contributed by atoms with van der Waals surface area (Å²) < 4.78 is 10.5. The van der Waals surface area contributed by atoms with Crippen LogP contribution < -0.4 is 14.8 Å². The van der Waals surface area contributed by atoms with Crippen molar-refractivity contribution in [3.8, 4) is 11.5 Å². The average Bonchev–Trinajstić information content (AvgIpc) is 2.51. The van der Waals surface area contributed by atoms with Gasteiger partial charge in [0.2, 0.25) is 5.91 Å². The number of methoxy groups -OCH3 is 2. The third-order valence-corrected chi connectivity index (χ3v) is 3.23. The molecule has 0 saturated carbocycles. The smallest absolute Gasteiger partial charge is 0.303 e. The lowest BCUT2D eigenvalue weighted by molar-refractivity contribution is -0.137. The number of hydrogen-bond acceptors (Lipinski definition) is 4. The fraction of sp³-hybridized carbons (Fsp3) is 0.500. The molecule has 6 nitrogen and oxygen atoms in total. The van der Waals surface area contributed by atoms with Crippen molar-refractivity contribution in [1.29, 1.82) is 0 Å². The van der Waals surface area contributed by atoms with Crippen molar-refractivity contribution < 1.29 is 24.2 Å². The Balaban J connectivity index is 2.31. The molecule has 1 aromatic rings. The molecule has 0 spiro atoms. The van der Waals surface area contributed by atoms with Crippen molar-refractivity contribution in [3.05, 3.63) is 23.8 Å². The summed E-state index contributed by atoms with van der Waals surface area (Å²) in [6.45, 7) is 0.400. The Morgan fingerprint density at radius 3 is 2.55 bits per heavy atom. The maximum atomic E-state index is 11.6. The molecule has 1 aromatic carbocycles. The summed E-state index contributed by atoms with van der Waals surface area (Å²) in [7, 11) is 3.20. The van der Waals surface area contributed by atoms with Gasteiger partial charge in [0.15, 0.2) is 0 Å². The normalized spacial score (nSPS) is 10.1. The van der Waals surface area contributed by atoms with Crippen molar-refractivity contribution in [2.75, 3.05) is 20.8 Å². The molecule has 1 amide bonds. The van der Waals surface area contributed by atoms with E-state index in [2.05, 4.69) is 5.32 Å². The molecule has 1 rings (SSSR count). The van der Waals surface area contributed by atoms with E-state index in [0.29, 0.717) is 25.8 Å². The highest BCUT2D eigenvalue weighted by Crippen LogP contribution is 2.25. The van der Waals surface area contributed by atoms with Crippen LogP contribution in [-0.2, 0) is 16.0 Å². The van der Waals surface area contributed by atoms with Crippen LogP contribution in [0.15, 0.2) is 18.2 Å². The number of aliphatic carboxylic acids is 1. The van der Waals surface area contributed by atoms with E-state index in [1.165, 1.54) is 0 Å². The van der Waals surface area contributed by atoms with Crippen LogP contribution in [0.2, 0.25) is 0 Å². The highest BCUT2D eigenvalue weighted by molar-refractivity contribution is 5.75. The summed E-state index contributed by atoms with van der Waals surface area (Å²) in [5.41, 5.74) is 1.03. The number of carboxylic acids is 1. The van der Waals surface area contributed by atoms with Crippen LogP contribution in [0.3, 0.4) is 0 Å². The Bertz CT molecular complexity index is 501. The highest BCUT2D eigenvalue weighted by atomic mass is 16.5. The van der Waals surface area contributed by atoms with E-state index < -0.39 is 5.97 Å². The first-order valence-electron chi connectivity index (χ1n) is 7.26. The number of carbonyl (C=O) groups excluding carboxylic acids is 1. The molecule has 0 heterocycles. The number of amides is 1. The molecule has 2 N–H and O–H groups in total. The second kappa shape index (κ2) is 9.65. The van der Waals surface area contributed by atoms with E-state index in [1.807, 2.05) is 18.2 Å². The van der Waals surface area contributed by atoms with E-state index in [9.17, 15) is 9.59 Å². The predicted molar refractivity (Wildman–Crippen MR) is 82.4 cm³/mol. The van der Waals surface area contributed by atoms with Gasteiger partial charge in [-0.15, -0.1) is 0 Å². The van der Waals surface area contributed by atoms with E-state index >= 15 is 0 Å². The Hall–Kier alpha value is -2.24. The van der Waals surface area contributed by atoms with Crippen molar-refractivity contribution in [3.63, 3.8) is 0 Å². The molecule has 0 aliphatic rings. The zero-order valence-corrected chi connectivity index (χ0v) is 13.1. The van der Waals surface area contributed by atoms with Crippen LogP contribution in [0.5, 0.6) is 11.5 Å². The number of hydrogen-bond donors (Lipinski definition) is 2. The number of aryl methyl sites for hydroxylation is 1. The number of ether oxygens (including phenoxy) is 2.